The maximum Gasteiger partial charge on any atom is 0.381 e. The van der Waals surface area contributed by atoms with Crippen LogP contribution in [-0.2, 0) is 17.8 Å². The highest BCUT2D eigenvalue weighted by Crippen LogP contribution is 2.18. The number of aromatic nitrogens is 3. The number of carbonyl (C=O) groups excluding carboxylic acids is 1. The van der Waals surface area contributed by atoms with E-state index in [0.29, 0.717) is 11.6 Å². The quantitative estimate of drug-likeness (QED) is 0.530. The Kier molecular flexibility index (Phi) is 5.08. The third-order valence-corrected chi connectivity index (χ3v) is 4.63. The summed E-state index contributed by atoms with van der Waals surface area (Å²) in [5, 5.41) is 16.1. The van der Waals surface area contributed by atoms with E-state index in [9.17, 15) is 14.9 Å². The monoisotopic (exact) mass is 371 g/mol. The molecule has 8 nitrogen and oxygen atoms in total. The molecule has 0 bridgehead atoms. The van der Waals surface area contributed by atoms with Crippen molar-refractivity contribution in [2.45, 2.75) is 26.8 Å². The number of imidazole rings is 1. The molecule has 26 heavy (non-hydrogen) atoms. The van der Waals surface area contributed by atoms with Crippen LogP contribution in [0.5, 0.6) is 0 Å². The Labute approximate surface area is 153 Å². The normalized spacial score (nSPS) is 10.7. The summed E-state index contributed by atoms with van der Waals surface area (Å²) in [5.74, 6) is -0.328. The molecular formula is C17H17N5O3S. The molecule has 0 radical (unpaired) electrons. The van der Waals surface area contributed by atoms with Crippen LogP contribution >= 0.6 is 11.3 Å². The fourth-order valence-corrected chi connectivity index (χ4v) is 3.20. The average molecular weight is 371 g/mol. The maximum absolute atomic E-state index is 12.3. The highest BCUT2D eigenvalue weighted by Gasteiger charge is 2.13. The van der Waals surface area contributed by atoms with Crippen molar-refractivity contribution in [3.8, 4) is 0 Å². The maximum atomic E-state index is 12.3. The van der Waals surface area contributed by atoms with Crippen molar-refractivity contribution < 1.29 is 9.72 Å². The number of anilines is 1. The molecule has 9 heteroatoms. The molecule has 1 amide bonds. The molecule has 0 atom stereocenters. The van der Waals surface area contributed by atoms with Crippen LogP contribution in [0.1, 0.15) is 21.8 Å². The van der Waals surface area contributed by atoms with Gasteiger partial charge in [-0.15, -0.1) is 11.3 Å². The van der Waals surface area contributed by atoms with Gasteiger partial charge in [-0.1, -0.05) is 12.1 Å². The number of carbonyl (C=O) groups is 1. The van der Waals surface area contributed by atoms with E-state index in [1.54, 1.807) is 4.57 Å². The van der Waals surface area contributed by atoms with Crippen LogP contribution in [-0.4, -0.2) is 25.4 Å². The van der Waals surface area contributed by atoms with Crippen molar-refractivity contribution >= 4 is 28.7 Å². The van der Waals surface area contributed by atoms with E-state index < -0.39 is 4.92 Å². The van der Waals surface area contributed by atoms with Crippen LogP contribution in [0.4, 0.5) is 11.5 Å². The third-order valence-electron chi connectivity index (χ3n) is 3.73. The van der Waals surface area contributed by atoms with Gasteiger partial charge in [0, 0.05) is 11.1 Å². The molecule has 2 aromatic heterocycles. The Morgan fingerprint density at radius 1 is 1.38 bits per heavy atom. The van der Waals surface area contributed by atoms with Crippen molar-refractivity contribution in [3.63, 3.8) is 0 Å². The molecule has 0 saturated carbocycles. The van der Waals surface area contributed by atoms with Crippen molar-refractivity contribution in [1.82, 2.24) is 14.5 Å². The van der Waals surface area contributed by atoms with Gasteiger partial charge in [-0.05, 0) is 40.9 Å². The van der Waals surface area contributed by atoms with Gasteiger partial charge in [0.2, 0.25) is 12.2 Å². The van der Waals surface area contributed by atoms with Gasteiger partial charge in [-0.2, -0.15) is 0 Å². The highest BCUT2D eigenvalue weighted by molar-refractivity contribution is 7.09. The summed E-state index contributed by atoms with van der Waals surface area (Å²) in [5.41, 5.74) is 3.62. The van der Waals surface area contributed by atoms with E-state index in [-0.39, 0.29) is 18.1 Å². The van der Waals surface area contributed by atoms with E-state index in [1.165, 1.54) is 23.9 Å². The number of amides is 1. The number of nitrogens with one attached hydrogen (secondary N) is 1. The van der Waals surface area contributed by atoms with Gasteiger partial charge in [0.1, 0.15) is 11.2 Å². The molecule has 3 aromatic rings. The lowest BCUT2D eigenvalue weighted by molar-refractivity contribution is -0.389. The minimum Gasteiger partial charge on any atom is -0.358 e. The van der Waals surface area contributed by atoms with Crippen molar-refractivity contribution in [2.24, 2.45) is 0 Å². The van der Waals surface area contributed by atoms with Crippen LogP contribution in [0.15, 0.2) is 36.1 Å². The smallest absolute Gasteiger partial charge is 0.358 e. The lowest BCUT2D eigenvalue weighted by Crippen LogP contribution is -2.15. The van der Waals surface area contributed by atoms with Crippen LogP contribution in [0.3, 0.4) is 0 Å². The summed E-state index contributed by atoms with van der Waals surface area (Å²) in [6, 6.07) is 5.90. The Balaban J connectivity index is 1.61. The fourth-order valence-electron chi connectivity index (χ4n) is 2.42. The van der Waals surface area contributed by atoms with E-state index >= 15 is 0 Å². The second kappa shape index (κ2) is 7.44. The molecular weight excluding hydrogens is 354 g/mol. The zero-order valence-corrected chi connectivity index (χ0v) is 15.1. The predicted octanol–water partition coefficient (Wildman–Crippen LogP) is 3.09. The average Bonchev–Trinajstić information content (AvgIpc) is 3.21. The van der Waals surface area contributed by atoms with Crippen molar-refractivity contribution in [2.75, 3.05) is 5.32 Å². The molecule has 3 rings (SSSR count). The first-order chi connectivity index (χ1) is 12.4. The number of thiazole rings is 1. The van der Waals surface area contributed by atoms with E-state index in [2.05, 4.69) is 15.3 Å². The summed E-state index contributed by atoms with van der Waals surface area (Å²) in [6.07, 6.45) is 2.93. The number of hydrogen-bond acceptors (Lipinski definition) is 6. The molecule has 0 saturated heterocycles. The van der Waals surface area contributed by atoms with E-state index in [4.69, 9.17) is 0 Å². The SMILES string of the molecule is Cc1ccc(C)c(NC(=O)Cc2nc(Cn3cnc([N+](=O)[O-])c3)cs2)c1. The van der Waals surface area contributed by atoms with Crippen LogP contribution in [0, 0.1) is 24.0 Å². The molecule has 0 unspecified atom stereocenters. The first-order valence-corrected chi connectivity index (χ1v) is 8.75. The molecule has 1 N–H and O–H groups in total. The van der Waals surface area contributed by atoms with Crippen molar-refractivity contribution in [3.05, 3.63) is 68.0 Å². The minimum atomic E-state index is -0.541. The van der Waals surface area contributed by atoms with Crippen LogP contribution < -0.4 is 5.32 Å². The molecule has 1 aromatic carbocycles. The van der Waals surface area contributed by atoms with Crippen LogP contribution in [0.25, 0.3) is 0 Å². The van der Waals surface area contributed by atoms with Gasteiger partial charge >= 0.3 is 5.82 Å². The lowest BCUT2D eigenvalue weighted by atomic mass is 10.1. The summed E-state index contributed by atoms with van der Waals surface area (Å²) in [6.45, 7) is 4.29. The number of benzene rings is 1. The second-order valence-electron chi connectivity index (χ2n) is 5.94. The summed E-state index contributed by atoms with van der Waals surface area (Å²) < 4.78 is 1.59. The number of aryl methyl sites for hydroxylation is 2. The summed E-state index contributed by atoms with van der Waals surface area (Å²) in [4.78, 5) is 30.5. The predicted molar refractivity (Wildman–Crippen MR) is 98.3 cm³/mol. The third kappa shape index (κ3) is 4.31. The van der Waals surface area contributed by atoms with Gasteiger partial charge in [-0.3, -0.25) is 4.79 Å². The topological polar surface area (TPSA) is 103 Å². The second-order valence-corrected chi connectivity index (χ2v) is 6.88. The zero-order valence-electron chi connectivity index (χ0n) is 14.3. The minimum absolute atomic E-state index is 0.127. The molecule has 0 aliphatic carbocycles. The van der Waals surface area contributed by atoms with Gasteiger partial charge in [0.15, 0.2) is 0 Å². The van der Waals surface area contributed by atoms with E-state index in [1.807, 2.05) is 37.4 Å². The Morgan fingerprint density at radius 3 is 2.92 bits per heavy atom. The van der Waals surface area contributed by atoms with Gasteiger partial charge in [-0.25, -0.2) is 4.98 Å². The number of hydrogen-bond donors (Lipinski definition) is 1. The standard InChI is InChI=1S/C17H17N5O3S/c1-11-3-4-12(2)14(5-11)20-16(23)6-17-19-13(9-26-17)7-21-8-15(18-10-21)22(24)25/h3-5,8-10H,6-7H2,1-2H3,(H,20,23). The Morgan fingerprint density at radius 2 is 2.19 bits per heavy atom. The van der Waals surface area contributed by atoms with Gasteiger partial charge in [0.05, 0.1) is 18.7 Å². The number of nitro groups is 1. The zero-order chi connectivity index (χ0) is 18.7. The number of rotatable bonds is 6. The molecule has 0 aliphatic rings. The molecule has 134 valence electrons. The summed E-state index contributed by atoms with van der Waals surface area (Å²) >= 11 is 1.39. The number of nitrogens with zero attached hydrogens (tertiary/aromatic N) is 4. The lowest BCUT2D eigenvalue weighted by Gasteiger charge is -2.08. The van der Waals surface area contributed by atoms with Crippen LogP contribution in [0.2, 0.25) is 0 Å². The van der Waals surface area contributed by atoms with Gasteiger partial charge in [0.25, 0.3) is 0 Å². The Bertz CT molecular complexity index is 963. The largest absolute Gasteiger partial charge is 0.381 e. The molecule has 0 fully saturated rings. The van der Waals surface area contributed by atoms with Gasteiger partial charge < -0.3 is 20.0 Å². The molecule has 0 aliphatic heterocycles. The first kappa shape index (κ1) is 17.7. The first-order valence-electron chi connectivity index (χ1n) is 7.87. The highest BCUT2D eigenvalue weighted by atomic mass is 32.1. The van der Waals surface area contributed by atoms with E-state index in [0.717, 1.165) is 22.5 Å². The molecule has 0 spiro atoms. The fraction of sp³-hybridized carbons (Fsp3) is 0.235. The van der Waals surface area contributed by atoms with Crippen molar-refractivity contribution in [1.29, 1.82) is 0 Å². The summed E-state index contributed by atoms with van der Waals surface area (Å²) in [7, 11) is 0. The molecule has 2 heterocycles. The Hall–Kier alpha value is -3.07.